The molecule has 0 atom stereocenters. The van der Waals surface area contributed by atoms with Gasteiger partial charge in [-0.25, -0.2) is 4.68 Å². The molecule has 4 aromatic rings. The maximum Gasteiger partial charge on any atom is 0.277 e. The maximum absolute atomic E-state index is 5.89. The molecule has 0 saturated heterocycles. The Bertz CT molecular complexity index is 950. The average Bonchev–Trinajstić information content (AvgIpc) is 3.33. The first-order valence-corrected chi connectivity index (χ1v) is 8.95. The van der Waals surface area contributed by atoms with Crippen molar-refractivity contribution in [1.29, 1.82) is 0 Å². The highest BCUT2D eigenvalue weighted by atomic mass is 35.5. The Morgan fingerprint density at radius 2 is 1.80 bits per heavy atom. The first-order valence-electron chi connectivity index (χ1n) is 7.59. The minimum atomic E-state index is 0.494. The molecule has 4 rings (SSSR count). The summed E-state index contributed by atoms with van der Waals surface area (Å²) in [5, 5.41) is 13.6. The van der Waals surface area contributed by atoms with E-state index in [-0.39, 0.29) is 0 Å². The number of aromatic nitrogens is 4. The standard InChI is InChI=1S/C18H13ClN4OS/c19-15-6-4-14(5-7-15)17-21-22-18(24-17)25-12-13-2-8-16(9-3-13)23-11-1-10-20-23/h1-11H,12H2. The quantitative estimate of drug-likeness (QED) is 0.470. The Morgan fingerprint density at radius 3 is 2.52 bits per heavy atom. The molecule has 2 aromatic carbocycles. The maximum atomic E-state index is 5.89. The van der Waals surface area contributed by atoms with Crippen LogP contribution in [0.25, 0.3) is 17.1 Å². The van der Waals surface area contributed by atoms with Gasteiger partial charge in [0.05, 0.1) is 5.69 Å². The van der Waals surface area contributed by atoms with E-state index < -0.39 is 0 Å². The molecular weight excluding hydrogens is 356 g/mol. The van der Waals surface area contributed by atoms with Crippen LogP contribution >= 0.6 is 23.4 Å². The highest BCUT2D eigenvalue weighted by molar-refractivity contribution is 7.98. The number of halogens is 1. The Labute approximate surface area is 153 Å². The van der Waals surface area contributed by atoms with E-state index in [4.69, 9.17) is 16.0 Å². The van der Waals surface area contributed by atoms with Gasteiger partial charge in [0.2, 0.25) is 5.89 Å². The van der Waals surface area contributed by atoms with Crippen molar-refractivity contribution in [3.8, 4) is 17.1 Å². The van der Waals surface area contributed by atoms with Crippen molar-refractivity contribution in [3.05, 3.63) is 77.6 Å². The largest absolute Gasteiger partial charge is 0.411 e. The van der Waals surface area contributed by atoms with Gasteiger partial charge in [0.1, 0.15) is 0 Å². The van der Waals surface area contributed by atoms with Gasteiger partial charge < -0.3 is 4.42 Å². The number of hydrogen-bond acceptors (Lipinski definition) is 5. The fourth-order valence-electron chi connectivity index (χ4n) is 2.29. The summed E-state index contributed by atoms with van der Waals surface area (Å²) in [4.78, 5) is 0. The number of rotatable bonds is 5. The zero-order valence-electron chi connectivity index (χ0n) is 13.0. The summed E-state index contributed by atoms with van der Waals surface area (Å²) in [7, 11) is 0. The minimum Gasteiger partial charge on any atom is -0.411 e. The molecule has 0 bridgehead atoms. The van der Waals surface area contributed by atoms with Crippen LogP contribution in [-0.2, 0) is 5.75 Å². The Hall–Kier alpha value is -2.57. The Balaban J connectivity index is 1.41. The van der Waals surface area contributed by atoms with Crippen molar-refractivity contribution in [1.82, 2.24) is 20.0 Å². The van der Waals surface area contributed by atoms with Gasteiger partial charge in [0.15, 0.2) is 0 Å². The van der Waals surface area contributed by atoms with Crippen molar-refractivity contribution in [2.45, 2.75) is 11.0 Å². The number of thioether (sulfide) groups is 1. The molecule has 0 amide bonds. The van der Waals surface area contributed by atoms with E-state index in [1.54, 1.807) is 18.3 Å². The van der Waals surface area contributed by atoms with Crippen molar-refractivity contribution in [2.24, 2.45) is 0 Å². The third-order valence-corrected chi connectivity index (χ3v) is 4.71. The van der Waals surface area contributed by atoms with E-state index in [0.29, 0.717) is 16.1 Å². The summed E-state index contributed by atoms with van der Waals surface area (Å²) < 4.78 is 7.52. The highest BCUT2D eigenvalue weighted by Gasteiger charge is 2.09. The molecule has 0 fully saturated rings. The molecule has 0 radical (unpaired) electrons. The molecule has 2 heterocycles. The van der Waals surface area contributed by atoms with Crippen LogP contribution in [-0.4, -0.2) is 20.0 Å². The minimum absolute atomic E-state index is 0.494. The Kier molecular flexibility index (Phi) is 4.54. The number of nitrogens with zero attached hydrogens (tertiary/aromatic N) is 4. The smallest absolute Gasteiger partial charge is 0.277 e. The molecule has 2 aromatic heterocycles. The van der Waals surface area contributed by atoms with E-state index >= 15 is 0 Å². The van der Waals surface area contributed by atoms with Crippen LogP contribution in [0.1, 0.15) is 5.56 Å². The van der Waals surface area contributed by atoms with Gasteiger partial charge >= 0.3 is 0 Å². The van der Waals surface area contributed by atoms with Crippen LogP contribution in [0.2, 0.25) is 5.02 Å². The lowest BCUT2D eigenvalue weighted by atomic mass is 10.2. The summed E-state index contributed by atoms with van der Waals surface area (Å²) in [5.41, 5.74) is 3.06. The molecule has 0 unspecified atom stereocenters. The third-order valence-electron chi connectivity index (χ3n) is 3.57. The molecule has 0 aliphatic rings. The lowest BCUT2D eigenvalue weighted by molar-refractivity contribution is 0.466. The van der Waals surface area contributed by atoms with E-state index in [2.05, 4.69) is 27.4 Å². The molecule has 0 spiro atoms. The van der Waals surface area contributed by atoms with E-state index in [1.165, 1.54) is 17.3 Å². The second-order valence-corrected chi connectivity index (χ2v) is 6.65. The molecular formula is C18H13ClN4OS. The first kappa shape index (κ1) is 15.9. The van der Waals surface area contributed by atoms with Gasteiger partial charge in [-0.15, -0.1) is 10.2 Å². The molecule has 0 aliphatic heterocycles. The zero-order chi connectivity index (χ0) is 17.1. The SMILES string of the molecule is Clc1ccc(-c2nnc(SCc3ccc(-n4cccn4)cc3)o2)cc1. The molecule has 124 valence electrons. The van der Waals surface area contributed by atoms with Crippen LogP contribution in [0.3, 0.4) is 0 Å². The zero-order valence-corrected chi connectivity index (χ0v) is 14.6. The molecule has 25 heavy (non-hydrogen) atoms. The second-order valence-electron chi connectivity index (χ2n) is 5.29. The topological polar surface area (TPSA) is 56.7 Å². The van der Waals surface area contributed by atoms with Crippen molar-refractivity contribution in [2.75, 3.05) is 0 Å². The monoisotopic (exact) mass is 368 g/mol. The summed E-state index contributed by atoms with van der Waals surface area (Å²) in [5.74, 6) is 1.25. The first-order chi connectivity index (χ1) is 12.3. The van der Waals surface area contributed by atoms with Gasteiger partial charge in [-0.1, -0.05) is 35.5 Å². The molecule has 0 saturated carbocycles. The van der Waals surface area contributed by atoms with Crippen LogP contribution < -0.4 is 0 Å². The Morgan fingerprint density at radius 1 is 1.00 bits per heavy atom. The van der Waals surface area contributed by atoms with Crippen LogP contribution in [0.4, 0.5) is 0 Å². The van der Waals surface area contributed by atoms with E-state index in [9.17, 15) is 0 Å². The molecule has 0 N–H and O–H groups in total. The van der Waals surface area contributed by atoms with Gasteiger partial charge in [0.25, 0.3) is 5.22 Å². The molecule has 0 aliphatic carbocycles. The van der Waals surface area contributed by atoms with Crippen LogP contribution in [0.15, 0.2) is 76.6 Å². The second kappa shape index (κ2) is 7.13. The summed E-state index contributed by atoms with van der Waals surface area (Å²) in [6, 6.07) is 17.4. The van der Waals surface area contributed by atoms with Crippen molar-refractivity contribution in [3.63, 3.8) is 0 Å². The lowest BCUT2D eigenvalue weighted by Crippen LogP contribution is -1.93. The fraction of sp³-hybridized carbons (Fsp3) is 0.0556. The normalized spacial score (nSPS) is 10.9. The molecule has 7 heteroatoms. The van der Waals surface area contributed by atoms with Gasteiger partial charge in [-0.3, -0.25) is 0 Å². The molecule has 5 nitrogen and oxygen atoms in total. The number of hydrogen-bond donors (Lipinski definition) is 0. The third kappa shape index (κ3) is 3.75. The lowest BCUT2D eigenvalue weighted by Gasteiger charge is -2.03. The van der Waals surface area contributed by atoms with Crippen molar-refractivity contribution < 1.29 is 4.42 Å². The predicted octanol–water partition coefficient (Wildman–Crippen LogP) is 4.87. The number of benzene rings is 2. The summed E-state index contributed by atoms with van der Waals surface area (Å²) in [6.07, 6.45) is 3.68. The van der Waals surface area contributed by atoms with Crippen molar-refractivity contribution >= 4 is 23.4 Å². The average molecular weight is 369 g/mol. The van der Waals surface area contributed by atoms with Gasteiger partial charge in [0, 0.05) is 28.7 Å². The van der Waals surface area contributed by atoms with E-state index in [0.717, 1.165) is 17.0 Å². The van der Waals surface area contributed by atoms with Crippen LogP contribution in [0, 0.1) is 0 Å². The highest BCUT2D eigenvalue weighted by Crippen LogP contribution is 2.26. The van der Waals surface area contributed by atoms with Gasteiger partial charge in [-0.05, 0) is 48.0 Å². The fourth-order valence-corrected chi connectivity index (χ4v) is 3.13. The predicted molar refractivity (Wildman–Crippen MR) is 97.9 cm³/mol. The van der Waals surface area contributed by atoms with Gasteiger partial charge in [-0.2, -0.15) is 5.10 Å². The van der Waals surface area contributed by atoms with E-state index in [1.807, 2.05) is 41.2 Å². The summed E-state index contributed by atoms with van der Waals surface area (Å²) in [6.45, 7) is 0. The summed E-state index contributed by atoms with van der Waals surface area (Å²) >= 11 is 7.40. The van der Waals surface area contributed by atoms with Crippen LogP contribution in [0.5, 0.6) is 0 Å².